The molecular formula is C24H30N2O6. The molecular weight excluding hydrogens is 412 g/mol. The van der Waals surface area contributed by atoms with E-state index in [9.17, 15) is 24.6 Å². The monoisotopic (exact) mass is 442 g/mol. The number of amides is 2. The standard InChI is InChI=1S/C24H30N2O6/c1-5-10-25(16-11-13(2)6-7-14(16)3)22(29)20-24-9-8-17(32-24)18(23(30)31)19(24)21(28)26(20)15(4)12-27/h5-7,11,15,17-20,27H,1,8-10,12H2,2-4H3,(H,30,31)/t15-,17-,18+,19+,20-,24+/m1/s1. The molecule has 3 aliphatic rings. The Morgan fingerprint density at radius 1 is 1.41 bits per heavy atom. The van der Waals surface area contributed by atoms with Crippen molar-refractivity contribution in [3.63, 3.8) is 0 Å². The van der Waals surface area contributed by atoms with Crippen LogP contribution < -0.4 is 4.90 Å². The van der Waals surface area contributed by atoms with E-state index in [2.05, 4.69) is 6.58 Å². The lowest BCUT2D eigenvalue weighted by Crippen LogP contribution is -2.58. The Balaban J connectivity index is 1.84. The second kappa shape index (κ2) is 8.01. The van der Waals surface area contributed by atoms with Crippen molar-refractivity contribution in [1.29, 1.82) is 0 Å². The number of hydrogen-bond donors (Lipinski definition) is 2. The minimum Gasteiger partial charge on any atom is -0.481 e. The molecule has 1 aromatic rings. The van der Waals surface area contributed by atoms with E-state index in [0.717, 1.165) is 11.1 Å². The van der Waals surface area contributed by atoms with Crippen molar-refractivity contribution in [2.45, 2.75) is 57.4 Å². The number of rotatable bonds is 7. The molecule has 4 rings (SSSR count). The first-order valence-electron chi connectivity index (χ1n) is 11.0. The van der Waals surface area contributed by atoms with Crippen LogP contribution in [0.4, 0.5) is 5.69 Å². The molecule has 2 bridgehead atoms. The average Bonchev–Trinajstić information content (AvgIpc) is 3.40. The number of aryl methyl sites for hydroxylation is 2. The number of anilines is 1. The van der Waals surface area contributed by atoms with Crippen LogP contribution in [0.3, 0.4) is 0 Å². The molecule has 2 amide bonds. The summed E-state index contributed by atoms with van der Waals surface area (Å²) in [5.41, 5.74) is 1.38. The molecule has 0 unspecified atom stereocenters. The molecule has 6 atom stereocenters. The molecule has 3 fully saturated rings. The molecule has 8 nitrogen and oxygen atoms in total. The summed E-state index contributed by atoms with van der Waals surface area (Å²) in [6.45, 7) is 9.18. The average molecular weight is 443 g/mol. The van der Waals surface area contributed by atoms with Crippen molar-refractivity contribution in [3.8, 4) is 0 Å². The minimum atomic E-state index is -1.21. The second-order valence-electron chi connectivity index (χ2n) is 9.20. The molecule has 0 aromatic heterocycles. The molecule has 0 aliphatic carbocycles. The molecule has 172 valence electrons. The lowest BCUT2D eigenvalue weighted by Gasteiger charge is -2.38. The predicted octanol–water partition coefficient (Wildman–Crippen LogP) is 1.66. The number of aliphatic hydroxyl groups excluding tert-OH is 1. The third kappa shape index (κ3) is 3.08. The van der Waals surface area contributed by atoms with Crippen molar-refractivity contribution < 1.29 is 29.3 Å². The Morgan fingerprint density at radius 3 is 2.75 bits per heavy atom. The van der Waals surface area contributed by atoms with Gasteiger partial charge in [-0.25, -0.2) is 0 Å². The SMILES string of the molecule is C=CCN(C(=O)[C@H]1N([C@H](C)CO)C(=O)[C@@H]2[C@@H](C(=O)O)[C@H]3CC[C@]21O3)c1cc(C)ccc1C. The summed E-state index contributed by atoms with van der Waals surface area (Å²) in [4.78, 5) is 42.7. The fraction of sp³-hybridized carbons (Fsp3) is 0.542. The topological polar surface area (TPSA) is 107 Å². The second-order valence-corrected chi connectivity index (χ2v) is 9.20. The number of hydrogen-bond acceptors (Lipinski definition) is 5. The van der Waals surface area contributed by atoms with Crippen molar-refractivity contribution in [3.05, 3.63) is 42.0 Å². The first-order valence-corrected chi connectivity index (χ1v) is 11.0. The van der Waals surface area contributed by atoms with Crippen LogP contribution in [0.2, 0.25) is 0 Å². The highest BCUT2D eigenvalue weighted by atomic mass is 16.5. The Kier molecular flexibility index (Phi) is 5.63. The number of likely N-dealkylation sites (tertiary alicyclic amines) is 1. The van der Waals surface area contributed by atoms with Crippen LogP contribution in [0.25, 0.3) is 0 Å². The highest BCUT2D eigenvalue weighted by Gasteiger charge is 2.75. The molecule has 3 heterocycles. The van der Waals surface area contributed by atoms with Crippen LogP contribution in [-0.2, 0) is 19.1 Å². The summed E-state index contributed by atoms with van der Waals surface area (Å²) in [6, 6.07) is 4.13. The summed E-state index contributed by atoms with van der Waals surface area (Å²) in [6.07, 6.45) is 1.95. The van der Waals surface area contributed by atoms with Crippen molar-refractivity contribution in [2.75, 3.05) is 18.1 Å². The third-order valence-corrected chi connectivity index (χ3v) is 7.23. The quantitative estimate of drug-likeness (QED) is 0.622. The van der Waals surface area contributed by atoms with E-state index in [1.165, 1.54) is 4.90 Å². The van der Waals surface area contributed by atoms with E-state index in [1.54, 1.807) is 17.9 Å². The zero-order valence-electron chi connectivity index (χ0n) is 18.7. The molecule has 1 spiro atoms. The number of ether oxygens (including phenoxy) is 1. The Hall–Kier alpha value is -2.71. The number of fused-ring (bicyclic) bond motifs is 1. The molecule has 1 aromatic carbocycles. The highest BCUT2D eigenvalue weighted by molar-refractivity contribution is 6.05. The summed E-state index contributed by atoms with van der Waals surface area (Å²) in [7, 11) is 0. The van der Waals surface area contributed by atoms with Gasteiger partial charge in [0.25, 0.3) is 5.91 Å². The van der Waals surface area contributed by atoms with E-state index in [4.69, 9.17) is 4.74 Å². The largest absolute Gasteiger partial charge is 0.481 e. The maximum absolute atomic E-state index is 14.2. The zero-order chi connectivity index (χ0) is 23.4. The molecule has 2 N–H and O–H groups in total. The number of carbonyl (C=O) groups excluding carboxylic acids is 2. The normalized spacial score (nSPS) is 31.5. The molecule has 3 saturated heterocycles. The van der Waals surface area contributed by atoms with Crippen molar-refractivity contribution in [2.24, 2.45) is 11.8 Å². The van der Waals surface area contributed by atoms with Gasteiger partial charge >= 0.3 is 5.97 Å². The van der Waals surface area contributed by atoms with Gasteiger partial charge in [0.05, 0.1) is 30.6 Å². The van der Waals surface area contributed by atoms with Crippen LogP contribution in [0.5, 0.6) is 0 Å². The Morgan fingerprint density at radius 2 is 2.12 bits per heavy atom. The Labute approximate surface area is 187 Å². The fourth-order valence-electron chi connectivity index (χ4n) is 5.81. The van der Waals surface area contributed by atoms with Gasteiger partial charge in [-0.3, -0.25) is 14.4 Å². The number of carbonyl (C=O) groups is 3. The molecule has 8 heteroatoms. The van der Waals surface area contributed by atoms with Gasteiger partial charge in [-0.15, -0.1) is 6.58 Å². The minimum absolute atomic E-state index is 0.224. The van der Waals surface area contributed by atoms with Crippen LogP contribution in [-0.4, -0.2) is 69.8 Å². The number of aliphatic hydroxyl groups is 1. The first-order chi connectivity index (χ1) is 15.2. The third-order valence-electron chi connectivity index (χ3n) is 7.23. The fourth-order valence-corrected chi connectivity index (χ4v) is 5.81. The maximum atomic E-state index is 14.2. The van der Waals surface area contributed by atoms with E-state index in [0.29, 0.717) is 18.5 Å². The predicted molar refractivity (Wildman–Crippen MR) is 117 cm³/mol. The lowest BCUT2D eigenvalue weighted by molar-refractivity contribution is -0.150. The molecule has 0 radical (unpaired) electrons. The van der Waals surface area contributed by atoms with Crippen LogP contribution in [0, 0.1) is 25.7 Å². The van der Waals surface area contributed by atoms with E-state index in [1.807, 2.05) is 32.0 Å². The van der Waals surface area contributed by atoms with Crippen molar-refractivity contribution >= 4 is 23.5 Å². The number of aliphatic carboxylic acids is 1. The van der Waals surface area contributed by atoms with E-state index < -0.39 is 47.5 Å². The van der Waals surface area contributed by atoms with Gasteiger partial charge in [0.15, 0.2) is 0 Å². The van der Waals surface area contributed by atoms with Gasteiger partial charge in [0.1, 0.15) is 11.6 Å². The van der Waals surface area contributed by atoms with Gasteiger partial charge in [0, 0.05) is 12.2 Å². The Bertz CT molecular complexity index is 977. The summed E-state index contributed by atoms with van der Waals surface area (Å²) < 4.78 is 6.21. The van der Waals surface area contributed by atoms with Gasteiger partial charge in [-0.05, 0) is 50.8 Å². The highest BCUT2D eigenvalue weighted by Crippen LogP contribution is 2.59. The summed E-state index contributed by atoms with van der Waals surface area (Å²) in [5, 5.41) is 19.7. The molecule has 0 saturated carbocycles. The van der Waals surface area contributed by atoms with Crippen molar-refractivity contribution in [1.82, 2.24) is 4.90 Å². The molecule has 32 heavy (non-hydrogen) atoms. The number of carboxylic acids is 1. The summed E-state index contributed by atoms with van der Waals surface area (Å²) in [5.74, 6) is -3.79. The van der Waals surface area contributed by atoms with Gasteiger partial charge in [-0.2, -0.15) is 0 Å². The summed E-state index contributed by atoms with van der Waals surface area (Å²) >= 11 is 0. The van der Waals surface area contributed by atoms with Crippen LogP contribution in [0.15, 0.2) is 30.9 Å². The molecule has 3 aliphatic heterocycles. The smallest absolute Gasteiger partial charge is 0.310 e. The zero-order valence-corrected chi connectivity index (χ0v) is 18.7. The van der Waals surface area contributed by atoms with Gasteiger partial charge in [-0.1, -0.05) is 18.2 Å². The number of carboxylic acid groups (broad SMARTS) is 1. The van der Waals surface area contributed by atoms with Gasteiger partial charge < -0.3 is 24.7 Å². The lowest BCUT2D eigenvalue weighted by atomic mass is 9.70. The van der Waals surface area contributed by atoms with E-state index >= 15 is 0 Å². The van der Waals surface area contributed by atoms with Gasteiger partial charge in [0.2, 0.25) is 5.91 Å². The first kappa shape index (κ1) is 22.5. The maximum Gasteiger partial charge on any atom is 0.310 e. The van der Waals surface area contributed by atoms with Crippen LogP contribution in [0.1, 0.15) is 30.9 Å². The van der Waals surface area contributed by atoms with E-state index in [-0.39, 0.29) is 19.1 Å². The van der Waals surface area contributed by atoms with Crippen LogP contribution >= 0.6 is 0 Å². The number of benzene rings is 1. The number of nitrogens with zero attached hydrogens (tertiary/aromatic N) is 2.